The average molecular weight is 130 g/mol. The summed E-state index contributed by atoms with van der Waals surface area (Å²) in [5, 5.41) is 1.22. The van der Waals surface area contributed by atoms with Crippen LogP contribution in [0.15, 0.2) is 11.8 Å². The van der Waals surface area contributed by atoms with Gasteiger partial charge in [0, 0.05) is 10.2 Å². The van der Waals surface area contributed by atoms with Crippen molar-refractivity contribution in [2.45, 2.75) is 20.0 Å². The quantitative estimate of drug-likeness (QED) is 0.499. The maximum Gasteiger partial charge on any atom is 0.0633 e. The van der Waals surface area contributed by atoms with Crippen LogP contribution in [0.3, 0.4) is 0 Å². The van der Waals surface area contributed by atoms with Gasteiger partial charge in [0.2, 0.25) is 0 Å². The monoisotopic (exact) mass is 130 g/mol. The molecule has 0 saturated heterocycles. The molecular weight excluding hydrogens is 116 g/mol. The summed E-state index contributed by atoms with van der Waals surface area (Å²) in [4.78, 5) is 0. The van der Waals surface area contributed by atoms with Crippen LogP contribution in [-0.2, 0) is 4.74 Å². The lowest BCUT2D eigenvalue weighted by molar-refractivity contribution is 0.101. The van der Waals surface area contributed by atoms with Gasteiger partial charge >= 0.3 is 0 Å². The van der Waals surface area contributed by atoms with Crippen molar-refractivity contribution in [1.29, 1.82) is 0 Å². The Hall–Kier alpha value is -0.0831. The van der Waals surface area contributed by atoms with Crippen LogP contribution in [0.5, 0.6) is 0 Å². The van der Waals surface area contributed by atoms with Gasteiger partial charge in [-0.2, -0.15) is 0 Å². The lowest BCUT2D eigenvalue weighted by Crippen LogP contribution is -2.04. The summed E-state index contributed by atoms with van der Waals surface area (Å²) in [6.45, 7) is 8.58. The van der Waals surface area contributed by atoms with Gasteiger partial charge in [-0.3, -0.25) is 0 Å². The van der Waals surface area contributed by atoms with E-state index in [0.717, 1.165) is 16.8 Å². The largest absolute Gasteiger partial charge is 0.375 e. The molecule has 0 aliphatic rings. The van der Waals surface area contributed by atoms with E-state index in [1.807, 2.05) is 13.8 Å². The van der Waals surface area contributed by atoms with Crippen molar-refractivity contribution in [3.8, 4) is 0 Å². The van der Waals surface area contributed by atoms with Gasteiger partial charge in [-0.15, -0.1) is 6.58 Å². The Morgan fingerprint density at radius 3 is 2.38 bits per heavy atom. The molecule has 0 rings (SSSR count). The zero-order chi connectivity index (χ0) is 6.57. The van der Waals surface area contributed by atoms with E-state index in [0.29, 0.717) is 6.10 Å². The molecule has 8 heavy (non-hydrogen) atoms. The van der Waals surface area contributed by atoms with E-state index in [1.165, 1.54) is 5.20 Å². The Bertz CT molecular complexity index is 78.6. The van der Waals surface area contributed by atoms with Crippen LogP contribution in [-0.4, -0.2) is 23.0 Å². The average Bonchev–Trinajstić information content (AvgIpc) is 1.61. The molecule has 0 fully saturated rings. The van der Waals surface area contributed by atoms with Gasteiger partial charge in [0.1, 0.15) is 0 Å². The van der Waals surface area contributed by atoms with Crippen molar-refractivity contribution in [2.75, 3.05) is 6.61 Å². The van der Waals surface area contributed by atoms with E-state index < -0.39 is 0 Å². The Morgan fingerprint density at radius 1 is 1.75 bits per heavy atom. The predicted octanol–water partition coefficient (Wildman–Crippen LogP) is 0.290. The number of hydrogen-bond acceptors (Lipinski definition) is 1. The minimum absolute atomic E-state index is 0.348. The molecule has 0 aromatic carbocycles. The molecule has 0 atom stereocenters. The Balaban J connectivity index is 3.05. The van der Waals surface area contributed by atoms with Gasteiger partial charge in [0.25, 0.3) is 0 Å². The van der Waals surface area contributed by atoms with Gasteiger partial charge in [-0.1, -0.05) is 5.20 Å². The molecule has 0 radical (unpaired) electrons. The van der Waals surface area contributed by atoms with E-state index in [2.05, 4.69) is 6.58 Å². The van der Waals surface area contributed by atoms with E-state index in [1.54, 1.807) is 0 Å². The summed E-state index contributed by atoms with van der Waals surface area (Å²) in [6, 6.07) is 0. The topological polar surface area (TPSA) is 9.23 Å². The van der Waals surface area contributed by atoms with Crippen molar-refractivity contribution >= 4 is 10.2 Å². The highest BCUT2D eigenvalue weighted by Gasteiger charge is 1.90. The Kier molecular flexibility index (Phi) is 3.82. The van der Waals surface area contributed by atoms with Crippen LogP contribution in [0.1, 0.15) is 13.8 Å². The van der Waals surface area contributed by atoms with E-state index >= 15 is 0 Å². The second-order valence-corrected chi connectivity index (χ2v) is 3.73. The maximum absolute atomic E-state index is 5.24. The molecule has 0 aliphatic carbocycles. The normalized spacial score (nSPS) is 10.4. The smallest absolute Gasteiger partial charge is 0.0633 e. The van der Waals surface area contributed by atoms with Crippen molar-refractivity contribution in [3.05, 3.63) is 11.8 Å². The van der Waals surface area contributed by atoms with E-state index in [-0.39, 0.29) is 0 Å². The van der Waals surface area contributed by atoms with Gasteiger partial charge in [0.15, 0.2) is 0 Å². The van der Waals surface area contributed by atoms with E-state index in [9.17, 15) is 0 Å². The lowest BCUT2D eigenvalue weighted by Gasteiger charge is -2.05. The summed E-state index contributed by atoms with van der Waals surface area (Å²) in [6.07, 6.45) is 0.348. The van der Waals surface area contributed by atoms with Crippen LogP contribution in [0.25, 0.3) is 0 Å². The molecule has 0 aromatic heterocycles. The van der Waals surface area contributed by atoms with Crippen LogP contribution in [0.2, 0.25) is 0 Å². The van der Waals surface area contributed by atoms with Gasteiger partial charge < -0.3 is 4.74 Å². The fourth-order valence-corrected chi connectivity index (χ4v) is 0.476. The first kappa shape index (κ1) is 7.92. The zero-order valence-electron chi connectivity index (χ0n) is 5.90. The summed E-state index contributed by atoms with van der Waals surface area (Å²) in [5.41, 5.74) is 0. The molecule has 0 amide bonds. The molecule has 0 aliphatic heterocycles. The molecule has 2 heteroatoms. The number of ether oxygens (including phenoxy) is 1. The van der Waals surface area contributed by atoms with Gasteiger partial charge in [-0.05, 0) is 13.8 Å². The fourth-order valence-electron chi connectivity index (χ4n) is 0.309. The van der Waals surface area contributed by atoms with Crippen LogP contribution in [0.4, 0.5) is 0 Å². The molecule has 0 unspecified atom stereocenters. The maximum atomic E-state index is 5.24. The highest BCUT2D eigenvalue weighted by atomic mass is 28.1. The van der Waals surface area contributed by atoms with Gasteiger partial charge in [0.05, 0.1) is 12.7 Å². The van der Waals surface area contributed by atoms with Crippen LogP contribution < -0.4 is 0 Å². The van der Waals surface area contributed by atoms with E-state index in [4.69, 9.17) is 4.74 Å². The first-order valence-corrected chi connectivity index (χ1v) is 3.89. The van der Waals surface area contributed by atoms with Gasteiger partial charge in [-0.25, -0.2) is 0 Å². The van der Waals surface area contributed by atoms with Crippen molar-refractivity contribution in [2.24, 2.45) is 0 Å². The highest BCUT2D eigenvalue weighted by molar-refractivity contribution is 6.21. The molecule has 0 bridgehead atoms. The predicted molar refractivity (Wildman–Crippen MR) is 40.2 cm³/mol. The standard InChI is InChI=1S/C6H14OSi/c1-5(2)7-4-6(3)8/h5H,3-4H2,1-2,8H3. The first-order valence-electron chi connectivity index (χ1n) is 2.89. The third-order valence-electron chi connectivity index (χ3n) is 0.663. The molecule has 1 nitrogen and oxygen atoms in total. The fraction of sp³-hybridized carbons (Fsp3) is 0.667. The number of rotatable bonds is 3. The summed E-state index contributed by atoms with van der Waals surface area (Å²) >= 11 is 0. The Morgan fingerprint density at radius 2 is 2.25 bits per heavy atom. The second-order valence-electron chi connectivity index (χ2n) is 2.32. The highest BCUT2D eigenvalue weighted by Crippen LogP contribution is 1.89. The summed E-state index contributed by atoms with van der Waals surface area (Å²) in [5.74, 6) is 0. The van der Waals surface area contributed by atoms with Crippen molar-refractivity contribution in [1.82, 2.24) is 0 Å². The van der Waals surface area contributed by atoms with Crippen LogP contribution >= 0.6 is 0 Å². The first-order chi connectivity index (χ1) is 3.63. The lowest BCUT2D eigenvalue weighted by atomic mass is 10.5. The zero-order valence-corrected chi connectivity index (χ0v) is 7.90. The minimum atomic E-state index is 0.348. The van der Waals surface area contributed by atoms with Crippen molar-refractivity contribution < 1.29 is 4.74 Å². The number of hydrogen-bond donors (Lipinski definition) is 0. The molecule has 0 heterocycles. The minimum Gasteiger partial charge on any atom is -0.375 e. The third-order valence-corrected chi connectivity index (χ3v) is 0.952. The molecule has 0 spiro atoms. The molecular formula is C6H14OSi. The molecule has 48 valence electrons. The molecule has 0 aromatic rings. The summed E-state index contributed by atoms with van der Waals surface area (Å²) in [7, 11) is 1.05. The third kappa shape index (κ3) is 5.92. The summed E-state index contributed by atoms with van der Waals surface area (Å²) < 4.78 is 5.24. The van der Waals surface area contributed by atoms with Crippen molar-refractivity contribution in [3.63, 3.8) is 0 Å². The second kappa shape index (κ2) is 3.86. The van der Waals surface area contributed by atoms with Crippen LogP contribution in [0, 0.1) is 0 Å². The molecule has 0 N–H and O–H groups in total. The SMILES string of the molecule is C=C([SiH3])COC(C)C. The Labute approximate surface area is 54.2 Å². The molecule has 0 saturated carbocycles.